The smallest absolute Gasteiger partial charge is 0.423 e. The molecule has 86 valence electrons. The van der Waals surface area contributed by atoms with Crippen molar-refractivity contribution in [2.75, 3.05) is 18.0 Å². The highest BCUT2D eigenvalue weighted by Gasteiger charge is 2.17. The van der Waals surface area contributed by atoms with E-state index in [1.54, 1.807) is 0 Å². The normalized spacial score (nSPS) is 16.3. The number of anilines is 1. The van der Waals surface area contributed by atoms with Gasteiger partial charge in [-0.1, -0.05) is 11.6 Å². The molecule has 0 aromatic heterocycles. The van der Waals surface area contributed by atoms with E-state index in [-0.39, 0.29) is 0 Å². The summed E-state index contributed by atoms with van der Waals surface area (Å²) >= 11 is 0. The van der Waals surface area contributed by atoms with Crippen LogP contribution in [0.2, 0.25) is 0 Å². The lowest BCUT2D eigenvalue weighted by atomic mass is 9.77. The first-order chi connectivity index (χ1) is 7.68. The van der Waals surface area contributed by atoms with Crippen LogP contribution in [0.3, 0.4) is 0 Å². The second-order valence-corrected chi connectivity index (χ2v) is 4.46. The van der Waals surface area contributed by atoms with Crippen molar-refractivity contribution in [2.24, 2.45) is 0 Å². The van der Waals surface area contributed by atoms with Gasteiger partial charge in [0.2, 0.25) is 0 Å². The summed E-state index contributed by atoms with van der Waals surface area (Å²) in [5.41, 5.74) is 2.65. The maximum absolute atomic E-state index is 9.26. The number of hydrogen-bond donors (Lipinski definition) is 2. The van der Waals surface area contributed by atoms with E-state index in [0.29, 0.717) is 5.46 Å². The minimum Gasteiger partial charge on any atom is -0.423 e. The fourth-order valence-corrected chi connectivity index (χ4v) is 2.25. The first-order valence-corrected chi connectivity index (χ1v) is 5.90. The van der Waals surface area contributed by atoms with Crippen LogP contribution in [0.4, 0.5) is 5.69 Å². The Kier molecular flexibility index (Phi) is 3.51. The Morgan fingerprint density at radius 2 is 1.81 bits per heavy atom. The molecule has 1 heterocycles. The van der Waals surface area contributed by atoms with E-state index >= 15 is 0 Å². The minimum atomic E-state index is -1.37. The number of aryl methyl sites for hydroxylation is 1. The fourth-order valence-electron chi connectivity index (χ4n) is 2.25. The van der Waals surface area contributed by atoms with Gasteiger partial charge in [-0.3, -0.25) is 0 Å². The summed E-state index contributed by atoms with van der Waals surface area (Å²) in [7, 11) is -1.37. The van der Waals surface area contributed by atoms with E-state index in [1.807, 2.05) is 19.1 Å². The van der Waals surface area contributed by atoms with Crippen LogP contribution in [-0.2, 0) is 0 Å². The summed E-state index contributed by atoms with van der Waals surface area (Å²) in [6.07, 6.45) is 3.76. The summed E-state index contributed by atoms with van der Waals surface area (Å²) in [4.78, 5) is 2.31. The standard InChI is InChI=1S/C12H18BNO2/c1-10-5-6-11(9-12(10)13(15)16)14-7-3-2-4-8-14/h5-6,9,15-16H,2-4,7-8H2,1H3. The van der Waals surface area contributed by atoms with Crippen LogP contribution in [0.25, 0.3) is 0 Å². The van der Waals surface area contributed by atoms with Crippen molar-refractivity contribution in [3.8, 4) is 0 Å². The molecule has 16 heavy (non-hydrogen) atoms. The molecule has 4 heteroatoms. The van der Waals surface area contributed by atoms with Crippen LogP contribution >= 0.6 is 0 Å². The van der Waals surface area contributed by atoms with E-state index in [2.05, 4.69) is 11.0 Å². The zero-order valence-electron chi connectivity index (χ0n) is 9.69. The van der Waals surface area contributed by atoms with Gasteiger partial charge >= 0.3 is 7.12 Å². The second-order valence-electron chi connectivity index (χ2n) is 4.46. The van der Waals surface area contributed by atoms with Crippen molar-refractivity contribution < 1.29 is 10.0 Å². The Hall–Kier alpha value is -0.995. The molecule has 0 spiro atoms. The molecule has 0 amide bonds. The van der Waals surface area contributed by atoms with Crippen molar-refractivity contribution >= 4 is 18.3 Å². The quantitative estimate of drug-likeness (QED) is 0.718. The highest BCUT2D eigenvalue weighted by atomic mass is 16.4. The number of rotatable bonds is 2. The molecule has 0 unspecified atom stereocenters. The summed E-state index contributed by atoms with van der Waals surface area (Å²) < 4.78 is 0. The van der Waals surface area contributed by atoms with Gasteiger partial charge in [0.25, 0.3) is 0 Å². The van der Waals surface area contributed by atoms with Crippen molar-refractivity contribution in [3.63, 3.8) is 0 Å². The zero-order chi connectivity index (χ0) is 11.5. The van der Waals surface area contributed by atoms with Gasteiger partial charge in [0.05, 0.1) is 0 Å². The molecular formula is C12H18BNO2. The van der Waals surface area contributed by atoms with Crippen LogP contribution < -0.4 is 10.4 Å². The number of hydrogen-bond acceptors (Lipinski definition) is 3. The first-order valence-electron chi connectivity index (χ1n) is 5.90. The van der Waals surface area contributed by atoms with E-state index in [0.717, 1.165) is 24.3 Å². The molecule has 0 saturated carbocycles. The lowest BCUT2D eigenvalue weighted by Gasteiger charge is -2.29. The molecule has 1 aromatic rings. The predicted molar refractivity (Wildman–Crippen MR) is 67.1 cm³/mol. The molecule has 0 bridgehead atoms. The third-order valence-corrected chi connectivity index (χ3v) is 3.26. The highest BCUT2D eigenvalue weighted by Crippen LogP contribution is 2.19. The van der Waals surface area contributed by atoms with Crippen LogP contribution in [0.1, 0.15) is 24.8 Å². The third kappa shape index (κ3) is 2.39. The van der Waals surface area contributed by atoms with Gasteiger partial charge in [0.15, 0.2) is 0 Å². The Bertz CT molecular complexity index is 362. The molecule has 2 rings (SSSR count). The van der Waals surface area contributed by atoms with Gasteiger partial charge in [-0.15, -0.1) is 0 Å². The Morgan fingerprint density at radius 1 is 1.12 bits per heavy atom. The van der Waals surface area contributed by atoms with Gasteiger partial charge in [0, 0.05) is 18.8 Å². The number of benzene rings is 1. The molecular weight excluding hydrogens is 201 g/mol. The maximum Gasteiger partial charge on any atom is 0.488 e. The number of piperidine rings is 1. The van der Waals surface area contributed by atoms with Crippen molar-refractivity contribution in [1.82, 2.24) is 0 Å². The summed E-state index contributed by atoms with van der Waals surface area (Å²) in [5, 5.41) is 18.5. The Morgan fingerprint density at radius 3 is 2.44 bits per heavy atom. The topological polar surface area (TPSA) is 43.7 Å². The summed E-state index contributed by atoms with van der Waals surface area (Å²) in [5.74, 6) is 0. The average Bonchev–Trinajstić information content (AvgIpc) is 2.30. The van der Waals surface area contributed by atoms with Crippen LogP contribution in [0.15, 0.2) is 18.2 Å². The van der Waals surface area contributed by atoms with E-state index in [9.17, 15) is 10.0 Å². The van der Waals surface area contributed by atoms with Crippen molar-refractivity contribution in [1.29, 1.82) is 0 Å². The second kappa shape index (κ2) is 4.89. The number of nitrogens with zero attached hydrogens (tertiary/aromatic N) is 1. The van der Waals surface area contributed by atoms with Crippen LogP contribution in [0.5, 0.6) is 0 Å². The fraction of sp³-hybridized carbons (Fsp3) is 0.500. The van der Waals surface area contributed by atoms with Gasteiger partial charge in [-0.25, -0.2) is 0 Å². The van der Waals surface area contributed by atoms with E-state index in [4.69, 9.17) is 0 Å². The molecule has 0 atom stereocenters. The SMILES string of the molecule is Cc1ccc(N2CCCCC2)cc1B(O)O. The third-order valence-electron chi connectivity index (χ3n) is 3.26. The molecule has 3 nitrogen and oxygen atoms in total. The van der Waals surface area contributed by atoms with Crippen molar-refractivity contribution in [2.45, 2.75) is 26.2 Å². The molecule has 1 saturated heterocycles. The summed E-state index contributed by atoms with van der Waals surface area (Å²) in [6, 6.07) is 5.91. The van der Waals surface area contributed by atoms with Crippen LogP contribution in [-0.4, -0.2) is 30.3 Å². The minimum absolute atomic E-state index is 0.614. The molecule has 1 fully saturated rings. The first kappa shape index (κ1) is 11.5. The zero-order valence-corrected chi connectivity index (χ0v) is 9.69. The lowest BCUT2D eigenvalue weighted by molar-refractivity contribution is 0.425. The molecule has 1 aliphatic rings. The predicted octanol–water partition coefficient (Wildman–Crippen LogP) is 0.665. The van der Waals surface area contributed by atoms with Gasteiger partial charge in [-0.2, -0.15) is 0 Å². The monoisotopic (exact) mass is 219 g/mol. The Labute approximate surface area is 96.9 Å². The lowest BCUT2D eigenvalue weighted by Crippen LogP contribution is -2.35. The molecule has 1 aromatic carbocycles. The van der Waals surface area contributed by atoms with Crippen molar-refractivity contribution in [3.05, 3.63) is 23.8 Å². The van der Waals surface area contributed by atoms with Gasteiger partial charge in [-0.05, 0) is 43.8 Å². The summed E-state index contributed by atoms with van der Waals surface area (Å²) in [6.45, 7) is 4.04. The van der Waals surface area contributed by atoms with Gasteiger partial charge in [0.1, 0.15) is 0 Å². The molecule has 1 aliphatic heterocycles. The average molecular weight is 219 g/mol. The van der Waals surface area contributed by atoms with E-state index in [1.165, 1.54) is 19.3 Å². The molecule has 0 radical (unpaired) electrons. The highest BCUT2D eigenvalue weighted by molar-refractivity contribution is 6.59. The largest absolute Gasteiger partial charge is 0.488 e. The van der Waals surface area contributed by atoms with E-state index < -0.39 is 7.12 Å². The molecule has 2 N–H and O–H groups in total. The van der Waals surface area contributed by atoms with Gasteiger partial charge < -0.3 is 14.9 Å². The molecule has 0 aliphatic carbocycles. The Balaban J connectivity index is 2.24. The maximum atomic E-state index is 9.26. The van der Waals surface area contributed by atoms with Crippen LogP contribution in [0, 0.1) is 6.92 Å².